The molecule has 2 aromatic carbocycles. The number of aromatic nitrogens is 1. The summed E-state index contributed by atoms with van der Waals surface area (Å²) in [5.74, 6) is 0.278. The number of amides is 3. The van der Waals surface area contributed by atoms with Crippen molar-refractivity contribution in [2.45, 2.75) is 38.8 Å². The zero-order valence-electron chi connectivity index (χ0n) is 19.6. The van der Waals surface area contributed by atoms with Crippen LogP contribution in [0.15, 0.2) is 49.0 Å². The van der Waals surface area contributed by atoms with Crippen LogP contribution in [0, 0.1) is 0 Å². The van der Waals surface area contributed by atoms with E-state index >= 15 is 0 Å². The van der Waals surface area contributed by atoms with Gasteiger partial charge in [0.2, 0.25) is 5.91 Å². The molecule has 2 bridgehead atoms. The molecule has 1 unspecified atom stereocenters. The summed E-state index contributed by atoms with van der Waals surface area (Å²) in [6.45, 7) is 7.81. The van der Waals surface area contributed by atoms with Crippen molar-refractivity contribution in [1.82, 2.24) is 14.4 Å². The fourth-order valence-corrected chi connectivity index (χ4v) is 5.01. The van der Waals surface area contributed by atoms with Crippen molar-refractivity contribution in [2.24, 2.45) is 0 Å². The van der Waals surface area contributed by atoms with Gasteiger partial charge in [-0.3, -0.25) is 9.69 Å². The van der Waals surface area contributed by atoms with Gasteiger partial charge in [0.1, 0.15) is 11.5 Å². The van der Waals surface area contributed by atoms with Crippen LogP contribution in [0.2, 0.25) is 0 Å². The third kappa shape index (κ3) is 3.61. The Hall–Kier alpha value is -3.74. The van der Waals surface area contributed by atoms with Crippen molar-refractivity contribution in [2.75, 3.05) is 20.2 Å². The topological polar surface area (TPSA) is 75.0 Å². The third-order valence-electron chi connectivity index (χ3n) is 6.86. The molecule has 0 aliphatic carbocycles. The summed E-state index contributed by atoms with van der Waals surface area (Å²) in [4.78, 5) is 28.8. The van der Waals surface area contributed by atoms with Gasteiger partial charge >= 0.3 is 6.03 Å². The number of urea groups is 1. The Morgan fingerprint density at radius 3 is 2.65 bits per heavy atom. The lowest BCUT2D eigenvalue weighted by Gasteiger charge is -2.41. The first kappa shape index (κ1) is 22.1. The molecule has 1 fully saturated rings. The molecule has 0 radical (unpaired) electrons. The van der Waals surface area contributed by atoms with Crippen LogP contribution < -0.4 is 4.74 Å². The number of fused-ring (bicyclic) bond motifs is 6. The number of ether oxygens (including phenoxy) is 1. The van der Waals surface area contributed by atoms with Gasteiger partial charge in [-0.1, -0.05) is 44.2 Å². The Morgan fingerprint density at radius 1 is 1.18 bits per heavy atom. The normalized spacial score (nSPS) is 17.3. The molecule has 1 aromatic heterocycles. The number of rotatable bonds is 7. The molecule has 34 heavy (non-hydrogen) atoms. The number of aliphatic hydroxyl groups excluding tert-OH is 1. The number of nitrogens with zero attached hydrogens (tertiary/aromatic N) is 3. The summed E-state index contributed by atoms with van der Waals surface area (Å²) < 4.78 is 8.18. The largest absolute Gasteiger partial charge is 0.508 e. The molecular formula is C27H29N3O4. The van der Waals surface area contributed by atoms with Crippen LogP contribution in [0.4, 0.5) is 4.79 Å². The molecule has 5 rings (SSSR count). The number of imide groups is 1. The van der Waals surface area contributed by atoms with E-state index in [1.54, 1.807) is 11.9 Å². The van der Waals surface area contributed by atoms with Gasteiger partial charge in [-0.2, -0.15) is 0 Å². The van der Waals surface area contributed by atoms with Gasteiger partial charge < -0.3 is 19.3 Å². The number of hydrogen-bond donors (Lipinski definition) is 1. The highest BCUT2D eigenvalue weighted by molar-refractivity contribution is 6.04. The second-order valence-electron chi connectivity index (χ2n) is 9.08. The minimum Gasteiger partial charge on any atom is -0.508 e. The van der Waals surface area contributed by atoms with Crippen LogP contribution >= 0.6 is 0 Å². The maximum Gasteiger partial charge on any atom is 0.326 e. The van der Waals surface area contributed by atoms with Crippen LogP contribution in [-0.2, 0) is 17.9 Å². The Bertz CT molecular complexity index is 1290. The monoisotopic (exact) mass is 459 g/mol. The molecule has 0 spiro atoms. The van der Waals surface area contributed by atoms with Crippen LogP contribution in [0.5, 0.6) is 5.75 Å². The second kappa shape index (κ2) is 8.56. The Balaban J connectivity index is 1.62. The molecular weight excluding hydrogens is 430 g/mol. The number of aliphatic hydroxyl groups is 1. The highest BCUT2D eigenvalue weighted by Gasteiger charge is 2.44. The summed E-state index contributed by atoms with van der Waals surface area (Å²) in [5, 5.41) is 10.7. The first-order chi connectivity index (χ1) is 16.4. The highest BCUT2D eigenvalue weighted by Crippen LogP contribution is 2.41. The van der Waals surface area contributed by atoms with E-state index in [0.29, 0.717) is 31.8 Å². The van der Waals surface area contributed by atoms with E-state index in [1.807, 2.05) is 42.5 Å². The van der Waals surface area contributed by atoms with E-state index in [0.717, 1.165) is 46.3 Å². The SMILES string of the molecule is C=C(O)c1ccc(Cn2c3c(c4cc(OCCCC)ccc42)C2CN(C3)C(=O)N(C)C2=O)cc1. The molecule has 176 valence electrons. The molecule has 1 saturated heterocycles. The molecule has 2 aliphatic rings. The standard InChI is InChI=1S/C27H29N3O4/c1-4-5-12-34-20-10-11-23-21(13-20)25-22-15-29(27(33)28(3)26(22)32)16-24(25)30(23)14-18-6-8-19(9-7-18)17(2)31/h6-11,13,22,31H,2,4-5,12,14-16H2,1,3H3. The summed E-state index contributed by atoms with van der Waals surface area (Å²) in [6, 6.07) is 13.4. The third-order valence-corrected chi connectivity index (χ3v) is 6.86. The Kier molecular flexibility index (Phi) is 5.55. The van der Waals surface area contributed by atoms with E-state index in [-0.39, 0.29) is 23.6 Å². The minimum absolute atomic E-state index is 0.0349. The van der Waals surface area contributed by atoms with E-state index in [4.69, 9.17) is 4.74 Å². The predicted molar refractivity (Wildman–Crippen MR) is 131 cm³/mol. The van der Waals surface area contributed by atoms with Gasteiger partial charge in [0.05, 0.1) is 19.1 Å². The first-order valence-electron chi connectivity index (χ1n) is 11.7. The summed E-state index contributed by atoms with van der Waals surface area (Å²) >= 11 is 0. The maximum atomic E-state index is 13.1. The summed E-state index contributed by atoms with van der Waals surface area (Å²) in [6.07, 6.45) is 2.04. The predicted octanol–water partition coefficient (Wildman–Crippen LogP) is 4.89. The number of likely N-dealkylation sites (N-methyl/N-ethyl adjacent to an activating group) is 1. The van der Waals surface area contributed by atoms with Gasteiger partial charge in [0.25, 0.3) is 0 Å². The Morgan fingerprint density at radius 2 is 1.94 bits per heavy atom. The van der Waals surface area contributed by atoms with Crippen molar-refractivity contribution in [3.63, 3.8) is 0 Å². The molecule has 2 aliphatic heterocycles. The fourth-order valence-electron chi connectivity index (χ4n) is 5.01. The van der Waals surface area contributed by atoms with Crippen molar-refractivity contribution in [1.29, 1.82) is 0 Å². The van der Waals surface area contributed by atoms with Crippen LogP contribution in [0.3, 0.4) is 0 Å². The van der Waals surface area contributed by atoms with Gasteiger partial charge in [-0.05, 0) is 35.7 Å². The van der Waals surface area contributed by atoms with Crippen molar-refractivity contribution in [3.8, 4) is 5.75 Å². The molecule has 3 amide bonds. The summed E-state index contributed by atoms with van der Waals surface area (Å²) in [7, 11) is 1.56. The van der Waals surface area contributed by atoms with Gasteiger partial charge in [-0.25, -0.2) is 4.79 Å². The molecule has 7 heteroatoms. The van der Waals surface area contributed by atoms with Gasteiger partial charge in [0, 0.05) is 42.3 Å². The fraction of sp³-hybridized carbons (Fsp3) is 0.333. The average molecular weight is 460 g/mol. The lowest BCUT2D eigenvalue weighted by Crippen LogP contribution is -2.56. The van der Waals surface area contributed by atoms with E-state index < -0.39 is 0 Å². The van der Waals surface area contributed by atoms with E-state index in [9.17, 15) is 14.7 Å². The zero-order valence-corrected chi connectivity index (χ0v) is 19.6. The molecule has 3 heterocycles. The lowest BCUT2D eigenvalue weighted by atomic mass is 9.89. The maximum absolute atomic E-state index is 13.1. The van der Waals surface area contributed by atoms with Crippen LogP contribution in [-0.4, -0.2) is 51.6 Å². The summed E-state index contributed by atoms with van der Waals surface area (Å²) in [5.41, 5.74) is 4.73. The van der Waals surface area contributed by atoms with Crippen LogP contribution in [0.25, 0.3) is 16.7 Å². The number of carbonyl (C=O) groups is 2. The number of hydrogen-bond acceptors (Lipinski definition) is 4. The van der Waals surface area contributed by atoms with Crippen molar-refractivity contribution in [3.05, 3.63) is 71.4 Å². The van der Waals surface area contributed by atoms with Crippen LogP contribution in [0.1, 0.15) is 48.1 Å². The molecule has 3 aromatic rings. The van der Waals surface area contributed by atoms with E-state index in [1.165, 1.54) is 4.90 Å². The van der Waals surface area contributed by atoms with Crippen molar-refractivity contribution >= 4 is 28.6 Å². The number of unbranched alkanes of at least 4 members (excludes halogenated alkanes) is 1. The van der Waals surface area contributed by atoms with Crippen molar-refractivity contribution < 1.29 is 19.4 Å². The van der Waals surface area contributed by atoms with Gasteiger partial charge in [-0.15, -0.1) is 0 Å². The van der Waals surface area contributed by atoms with E-state index in [2.05, 4.69) is 18.1 Å². The zero-order chi connectivity index (χ0) is 24.0. The lowest BCUT2D eigenvalue weighted by molar-refractivity contribution is -0.132. The molecule has 0 saturated carbocycles. The number of benzene rings is 2. The quantitative estimate of drug-likeness (QED) is 0.403. The Labute approximate surface area is 198 Å². The molecule has 1 N–H and O–H groups in total. The highest BCUT2D eigenvalue weighted by atomic mass is 16.5. The molecule has 1 atom stereocenters. The number of carbonyl (C=O) groups excluding carboxylic acids is 2. The molecule has 7 nitrogen and oxygen atoms in total. The second-order valence-corrected chi connectivity index (χ2v) is 9.08. The first-order valence-corrected chi connectivity index (χ1v) is 11.7. The average Bonchev–Trinajstić information content (AvgIpc) is 3.14. The minimum atomic E-state index is -0.388. The van der Waals surface area contributed by atoms with Gasteiger partial charge in [0.15, 0.2) is 0 Å². The smallest absolute Gasteiger partial charge is 0.326 e.